The number of unbranched alkanes of at least 4 members (excludes halogenated alkanes) is 6. The first kappa shape index (κ1) is 20.2. The number of carbonyl (C=O) groups is 1. The van der Waals surface area contributed by atoms with Crippen LogP contribution in [0, 0.1) is 23.7 Å². The summed E-state index contributed by atoms with van der Waals surface area (Å²) in [6.07, 6.45) is 18.2. The smallest absolute Gasteiger partial charge is 0.143 e. The van der Waals surface area contributed by atoms with Crippen molar-refractivity contribution in [3.63, 3.8) is 0 Å². The highest BCUT2D eigenvalue weighted by Crippen LogP contribution is 2.41. The standard InChI is InChI=1S/C22H37O/c1-6-7-8-9-10-11-12-15-21(23)22(19(4)5)16-13-14-20(17-22)18(2)3/h13-14,16-19H,6-12,15H2,1-5H3. The SMILES string of the molecule is CCCCCCCCCC(=O)C1(C(C)C)[CH]C(C(C)C)=CC=C1. The van der Waals surface area contributed by atoms with Crippen molar-refractivity contribution in [1.29, 1.82) is 0 Å². The van der Waals surface area contributed by atoms with E-state index in [4.69, 9.17) is 0 Å². The molecular weight excluding hydrogens is 280 g/mol. The Morgan fingerprint density at radius 1 is 1.00 bits per heavy atom. The summed E-state index contributed by atoms with van der Waals surface area (Å²) in [4.78, 5) is 13.0. The molecular formula is C22H37O. The highest BCUT2D eigenvalue weighted by molar-refractivity contribution is 5.89. The van der Waals surface area contributed by atoms with Gasteiger partial charge in [0.2, 0.25) is 0 Å². The van der Waals surface area contributed by atoms with E-state index in [0.29, 0.717) is 17.6 Å². The van der Waals surface area contributed by atoms with Gasteiger partial charge in [-0.3, -0.25) is 4.79 Å². The molecule has 0 aromatic heterocycles. The Labute approximate surface area is 144 Å². The third-order valence-corrected chi connectivity index (χ3v) is 5.18. The predicted octanol–water partition coefficient (Wildman–Crippen LogP) is 6.70. The monoisotopic (exact) mass is 317 g/mol. The van der Waals surface area contributed by atoms with E-state index < -0.39 is 0 Å². The van der Waals surface area contributed by atoms with E-state index in [9.17, 15) is 4.79 Å². The molecule has 1 heteroatoms. The van der Waals surface area contributed by atoms with Crippen LogP contribution in [0.5, 0.6) is 0 Å². The summed E-state index contributed by atoms with van der Waals surface area (Å²) < 4.78 is 0. The lowest BCUT2D eigenvalue weighted by Gasteiger charge is -2.37. The molecule has 1 radical (unpaired) electrons. The first-order valence-electron chi connectivity index (χ1n) is 9.72. The van der Waals surface area contributed by atoms with E-state index in [0.717, 1.165) is 12.8 Å². The number of hydrogen-bond acceptors (Lipinski definition) is 1. The van der Waals surface area contributed by atoms with Gasteiger partial charge in [0.15, 0.2) is 0 Å². The maximum atomic E-state index is 13.0. The number of carbonyl (C=O) groups excluding carboxylic acids is 1. The first-order valence-corrected chi connectivity index (χ1v) is 9.72. The zero-order valence-corrected chi connectivity index (χ0v) is 16.0. The minimum atomic E-state index is -0.378. The molecule has 1 unspecified atom stereocenters. The van der Waals surface area contributed by atoms with Gasteiger partial charge in [-0.2, -0.15) is 0 Å². The second-order valence-electron chi connectivity index (χ2n) is 7.71. The Morgan fingerprint density at radius 2 is 1.61 bits per heavy atom. The summed E-state index contributed by atoms with van der Waals surface area (Å²) in [5.41, 5.74) is 0.922. The van der Waals surface area contributed by atoms with Gasteiger partial charge >= 0.3 is 0 Å². The van der Waals surface area contributed by atoms with Gasteiger partial charge in [-0.25, -0.2) is 0 Å². The number of hydrogen-bond donors (Lipinski definition) is 0. The van der Waals surface area contributed by atoms with Gasteiger partial charge in [-0.15, -0.1) is 0 Å². The fourth-order valence-electron chi connectivity index (χ4n) is 3.36. The van der Waals surface area contributed by atoms with Crippen LogP contribution in [0.4, 0.5) is 0 Å². The maximum absolute atomic E-state index is 13.0. The van der Waals surface area contributed by atoms with Gasteiger partial charge in [0.25, 0.3) is 0 Å². The summed E-state index contributed by atoms with van der Waals surface area (Å²) >= 11 is 0. The highest BCUT2D eigenvalue weighted by atomic mass is 16.1. The lowest BCUT2D eigenvalue weighted by Crippen LogP contribution is -2.37. The molecule has 1 aliphatic carbocycles. The lowest BCUT2D eigenvalue weighted by molar-refractivity contribution is -0.126. The van der Waals surface area contributed by atoms with E-state index in [-0.39, 0.29) is 5.41 Å². The van der Waals surface area contributed by atoms with Crippen LogP contribution in [0.1, 0.15) is 86.0 Å². The molecule has 1 atom stereocenters. The number of Topliss-reactive ketones (excluding diaryl/α,β-unsaturated/α-hetero) is 1. The average molecular weight is 318 g/mol. The zero-order valence-electron chi connectivity index (χ0n) is 16.0. The average Bonchev–Trinajstić information content (AvgIpc) is 2.53. The van der Waals surface area contributed by atoms with Gasteiger partial charge in [-0.05, 0) is 18.3 Å². The number of allylic oxidation sites excluding steroid dienone is 4. The molecule has 0 aliphatic heterocycles. The Morgan fingerprint density at radius 3 is 2.17 bits per heavy atom. The largest absolute Gasteiger partial charge is 0.299 e. The summed E-state index contributed by atoms with van der Waals surface area (Å²) in [6, 6.07) is 0. The van der Waals surface area contributed by atoms with Crippen molar-refractivity contribution in [1.82, 2.24) is 0 Å². The number of rotatable bonds is 11. The van der Waals surface area contributed by atoms with E-state index in [1.54, 1.807) is 0 Å². The summed E-state index contributed by atoms with van der Waals surface area (Å²) in [5.74, 6) is 1.20. The van der Waals surface area contributed by atoms with Crippen molar-refractivity contribution in [2.75, 3.05) is 0 Å². The third kappa shape index (κ3) is 5.94. The van der Waals surface area contributed by atoms with Crippen molar-refractivity contribution in [3.05, 3.63) is 30.2 Å². The molecule has 1 rings (SSSR count). The molecule has 0 spiro atoms. The molecule has 0 heterocycles. The van der Waals surface area contributed by atoms with Crippen LogP contribution < -0.4 is 0 Å². The molecule has 0 saturated heterocycles. The van der Waals surface area contributed by atoms with E-state index in [1.165, 1.54) is 44.1 Å². The van der Waals surface area contributed by atoms with Gasteiger partial charge < -0.3 is 0 Å². The van der Waals surface area contributed by atoms with Crippen LogP contribution in [-0.4, -0.2) is 5.78 Å². The normalized spacial score (nSPS) is 21.1. The summed E-state index contributed by atoms with van der Waals surface area (Å²) in [6.45, 7) is 11.0. The van der Waals surface area contributed by atoms with E-state index >= 15 is 0 Å². The van der Waals surface area contributed by atoms with Crippen LogP contribution in [-0.2, 0) is 4.79 Å². The maximum Gasteiger partial charge on any atom is 0.143 e. The zero-order chi connectivity index (χ0) is 17.3. The van der Waals surface area contributed by atoms with Gasteiger partial charge in [-0.1, -0.05) is 96.9 Å². The summed E-state index contributed by atoms with van der Waals surface area (Å²) in [7, 11) is 0. The molecule has 0 aromatic rings. The molecule has 0 saturated carbocycles. The third-order valence-electron chi connectivity index (χ3n) is 5.18. The van der Waals surface area contributed by atoms with Crippen LogP contribution in [0.25, 0.3) is 0 Å². The predicted molar refractivity (Wildman–Crippen MR) is 101 cm³/mol. The molecule has 0 amide bonds. The Kier molecular flexibility index (Phi) is 8.87. The van der Waals surface area contributed by atoms with Crippen molar-refractivity contribution < 1.29 is 4.79 Å². The molecule has 0 bridgehead atoms. The molecule has 0 N–H and O–H groups in total. The molecule has 1 nitrogen and oxygen atoms in total. The van der Waals surface area contributed by atoms with Crippen LogP contribution in [0.15, 0.2) is 23.8 Å². The van der Waals surface area contributed by atoms with Crippen molar-refractivity contribution in [2.24, 2.45) is 17.3 Å². The van der Waals surface area contributed by atoms with Crippen LogP contribution in [0.3, 0.4) is 0 Å². The first-order chi connectivity index (χ1) is 10.9. The van der Waals surface area contributed by atoms with Gasteiger partial charge in [0, 0.05) is 12.8 Å². The Bertz CT molecular complexity index is 414. The quantitative estimate of drug-likeness (QED) is 0.388. The van der Waals surface area contributed by atoms with E-state index in [2.05, 4.69) is 59.3 Å². The van der Waals surface area contributed by atoms with Crippen molar-refractivity contribution in [3.8, 4) is 0 Å². The Hall–Kier alpha value is -0.850. The molecule has 1 aliphatic rings. The minimum absolute atomic E-state index is 0.318. The molecule has 23 heavy (non-hydrogen) atoms. The molecule has 0 aromatic carbocycles. The Balaban J connectivity index is 2.50. The van der Waals surface area contributed by atoms with Gasteiger partial charge in [0.05, 0.1) is 5.41 Å². The number of ketones is 1. The van der Waals surface area contributed by atoms with E-state index in [1.807, 2.05) is 0 Å². The van der Waals surface area contributed by atoms with Crippen molar-refractivity contribution >= 4 is 5.78 Å². The lowest BCUT2D eigenvalue weighted by atomic mass is 9.65. The topological polar surface area (TPSA) is 17.1 Å². The highest BCUT2D eigenvalue weighted by Gasteiger charge is 2.40. The van der Waals surface area contributed by atoms with Crippen molar-refractivity contribution in [2.45, 2.75) is 86.0 Å². The molecule has 0 fully saturated rings. The fourth-order valence-corrected chi connectivity index (χ4v) is 3.36. The van der Waals surface area contributed by atoms with Gasteiger partial charge in [0.1, 0.15) is 5.78 Å². The second kappa shape index (κ2) is 10.1. The van der Waals surface area contributed by atoms with Crippen LogP contribution in [0.2, 0.25) is 0 Å². The minimum Gasteiger partial charge on any atom is -0.299 e. The second-order valence-corrected chi connectivity index (χ2v) is 7.71. The summed E-state index contributed by atoms with van der Waals surface area (Å²) in [5, 5.41) is 0. The van der Waals surface area contributed by atoms with Crippen LogP contribution >= 0.6 is 0 Å². The fraction of sp³-hybridized carbons (Fsp3) is 0.727. The molecule has 131 valence electrons.